The van der Waals surface area contributed by atoms with E-state index in [4.69, 9.17) is 11.6 Å². The van der Waals surface area contributed by atoms with Gasteiger partial charge in [-0.2, -0.15) is 4.39 Å². The third-order valence-electron chi connectivity index (χ3n) is 1.83. The van der Waals surface area contributed by atoms with Crippen molar-refractivity contribution in [1.29, 1.82) is 0 Å². The van der Waals surface area contributed by atoms with Crippen LogP contribution in [0.4, 0.5) is 20.3 Å². The quantitative estimate of drug-likeness (QED) is 0.821. The summed E-state index contributed by atoms with van der Waals surface area (Å²) in [5, 5.41) is 2.94. The van der Waals surface area contributed by atoms with Gasteiger partial charge in [-0.05, 0) is 18.2 Å². The van der Waals surface area contributed by atoms with Crippen LogP contribution in [0.25, 0.3) is 0 Å². The largest absolute Gasteiger partial charge is 0.339 e. The van der Waals surface area contributed by atoms with Gasteiger partial charge in [0.05, 0.1) is 10.7 Å². The molecule has 82 valence electrons. The summed E-state index contributed by atoms with van der Waals surface area (Å²) in [6, 6.07) is 4.95. The Hall–Kier alpha value is -1.75. The molecular formula is C10H6ClF2N3. The molecule has 0 unspecified atom stereocenters. The van der Waals surface area contributed by atoms with E-state index in [2.05, 4.69) is 15.3 Å². The lowest BCUT2D eigenvalue weighted by Crippen LogP contribution is -1.96. The molecule has 0 atom stereocenters. The van der Waals surface area contributed by atoms with Crippen LogP contribution in [-0.4, -0.2) is 9.97 Å². The normalized spacial score (nSPS) is 10.2. The van der Waals surface area contributed by atoms with E-state index in [1.807, 2.05) is 0 Å². The second-order valence-electron chi connectivity index (χ2n) is 2.98. The summed E-state index contributed by atoms with van der Waals surface area (Å²) in [4.78, 5) is 7.09. The van der Waals surface area contributed by atoms with Crippen LogP contribution in [0.5, 0.6) is 0 Å². The molecule has 0 saturated heterocycles. The molecule has 1 N–H and O–H groups in total. The summed E-state index contributed by atoms with van der Waals surface area (Å²) in [5.41, 5.74) is 0.446. The van der Waals surface area contributed by atoms with Gasteiger partial charge in [-0.3, -0.25) is 0 Å². The molecule has 0 saturated carbocycles. The molecule has 0 amide bonds. The average molecular weight is 242 g/mol. The number of aromatic nitrogens is 2. The molecule has 0 bridgehead atoms. The van der Waals surface area contributed by atoms with Crippen molar-refractivity contribution in [2.24, 2.45) is 0 Å². The fourth-order valence-corrected chi connectivity index (χ4v) is 1.35. The Bertz CT molecular complexity index is 519. The maximum absolute atomic E-state index is 12.8. The zero-order chi connectivity index (χ0) is 11.5. The first-order valence-electron chi connectivity index (χ1n) is 4.35. The molecule has 0 aliphatic rings. The molecule has 0 aliphatic heterocycles. The maximum atomic E-state index is 12.8. The fourth-order valence-electron chi connectivity index (χ4n) is 1.13. The van der Waals surface area contributed by atoms with E-state index < -0.39 is 11.8 Å². The summed E-state index contributed by atoms with van der Waals surface area (Å²) in [7, 11) is 0. The lowest BCUT2D eigenvalue weighted by Gasteiger charge is -2.06. The topological polar surface area (TPSA) is 37.8 Å². The standard InChI is InChI=1S/C10H6ClF2N3/c11-7-3-6(12)1-2-8(7)16-10-4-9(13)14-5-15-10/h1-5H,(H,14,15,16). The number of nitrogens with one attached hydrogen (secondary N) is 1. The third kappa shape index (κ3) is 2.43. The Balaban J connectivity index is 2.27. The van der Waals surface area contributed by atoms with E-state index in [9.17, 15) is 8.78 Å². The zero-order valence-electron chi connectivity index (χ0n) is 7.92. The first-order chi connectivity index (χ1) is 7.65. The minimum absolute atomic E-state index is 0.194. The highest BCUT2D eigenvalue weighted by Gasteiger charge is 2.03. The smallest absolute Gasteiger partial charge is 0.218 e. The van der Waals surface area contributed by atoms with Crippen LogP contribution in [0.1, 0.15) is 0 Å². The Morgan fingerprint density at radius 2 is 1.94 bits per heavy atom. The number of anilines is 2. The maximum Gasteiger partial charge on any atom is 0.218 e. The molecule has 1 aromatic carbocycles. The van der Waals surface area contributed by atoms with E-state index in [1.165, 1.54) is 12.1 Å². The molecule has 2 aromatic rings. The van der Waals surface area contributed by atoms with E-state index >= 15 is 0 Å². The molecule has 3 nitrogen and oxygen atoms in total. The van der Waals surface area contributed by atoms with Crippen molar-refractivity contribution in [3.63, 3.8) is 0 Å². The Morgan fingerprint density at radius 3 is 2.62 bits per heavy atom. The van der Waals surface area contributed by atoms with Crippen molar-refractivity contribution in [3.05, 3.63) is 47.4 Å². The predicted octanol–water partition coefficient (Wildman–Crippen LogP) is 3.15. The second kappa shape index (κ2) is 4.40. The Kier molecular flexibility index (Phi) is 2.96. The molecule has 1 heterocycles. The van der Waals surface area contributed by atoms with Gasteiger partial charge in [0.15, 0.2) is 0 Å². The average Bonchev–Trinajstić information content (AvgIpc) is 2.22. The summed E-state index contributed by atoms with van der Waals surface area (Å²) in [6.07, 6.45) is 1.08. The van der Waals surface area contributed by atoms with Crippen LogP contribution in [0.15, 0.2) is 30.6 Å². The molecule has 6 heteroatoms. The highest BCUT2D eigenvalue weighted by Crippen LogP contribution is 2.25. The molecule has 0 aliphatic carbocycles. The SMILES string of the molecule is Fc1ccc(Nc2cc(F)ncn2)c(Cl)c1. The van der Waals surface area contributed by atoms with Gasteiger partial charge in [0.2, 0.25) is 5.95 Å². The Morgan fingerprint density at radius 1 is 1.12 bits per heavy atom. The van der Waals surface area contributed by atoms with Crippen LogP contribution < -0.4 is 5.32 Å². The Labute approximate surface area is 95.1 Å². The first kappa shape index (κ1) is 10.8. The van der Waals surface area contributed by atoms with Crippen LogP contribution in [-0.2, 0) is 0 Å². The molecule has 16 heavy (non-hydrogen) atoms. The van der Waals surface area contributed by atoms with Crippen molar-refractivity contribution < 1.29 is 8.78 Å². The van der Waals surface area contributed by atoms with Gasteiger partial charge in [0.1, 0.15) is 18.0 Å². The minimum Gasteiger partial charge on any atom is -0.339 e. The van der Waals surface area contributed by atoms with E-state index in [-0.39, 0.29) is 10.8 Å². The van der Waals surface area contributed by atoms with Gasteiger partial charge >= 0.3 is 0 Å². The second-order valence-corrected chi connectivity index (χ2v) is 3.38. The minimum atomic E-state index is -0.657. The van der Waals surface area contributed by atoms with E-state index in [1.54, 1.807) is 0 Å². The predicted molar refractivity (Wildman–Crippen MR) is 56.7 cm³/mol. The third-order valence-corrected chi connectivity index (χ3v) is 2.14. The van der Waals surface area contributed by atoms with E-state index in [0.717, 1.165) is 18.5 Å². The van der Waals surface area contributed by atoms with Gasteiger partial charge in [-0.25, -0.2) is 14.4 Å². The summed E-state index contributed by atoms with van der Waals surface area (Å²) >= 11 is 5.78. The van der Waals surface area contributed by atoms with Gasteiger partial charge < -0.3 is 5.32 Å². The molecule has 1 aromatic heterocycles. The van der Waals surface area contributed by atoms with Gasteiger partial charge in [-0.15, -0.1) is 0 Å². The number of rotatable bonds is 2. The fraction of sp³-hybridized carbons (Fsp3) is 0. The van der Waals surface area contributed by atoms with Gasteiger partial charge in [0.25, 0.3) is 0 Å². The van der Waals surface area contributed by atoms with Crippen molar-refractivity contribution >= 4 is 23.1 Å². The molecule has 0 spiro atoms. The van der Waals surface area contributed by atoms with Crippen LogP contribution >= 0.6 is 11.6 Å². The summed E-state index contributed by atoms with van der Waals surface area (Å²) < 4.78 is 25.5. The van der Waals surface area contributed by atoms with Crippen molar-refractivity contribution in [2.75, 3.05) is 5.32 Å². The first-order valence-corrected chi connectivity index (χ1v) is 4.72. The molecular weight excluding hydrogens is 236 g/mol. The highest BCUT2D eigenvalue weighted by atomic mass is 35.5. The van der Waals surface area contributed by atoms with Crippen LogP contribution in [0.3, 0.4) is 0 Å². The van der Waals surface area contributed by atoms with Crippen molar-refractivity contribution in [1.82, 2.24) is 9.97 Å². The zero-order valence-corrected chi connectivity index (χ0v) is 8.67. The summed E-state index contributed by atoms with van der Waals surface area (Å²) in [5.74, 6) is -0.846. The lowest BCUT2D eigenvalue weighted by molar-refractivity contribution is 0.580. The summed E-state index contributed by atoms with van der Waals surface area (Å²) in [6.45, 7) is 0. The van der Waals surface area contributed by atoms with Gasteiger partial charge in [0, 0.05) is 6.07 Å². The number of benzene rings is 1. The number of hydrogen-bond acceptors (Lipinski definition) is 3. The highest BCUT2D eigenvalue weighted by molar-refractivity contribution is 6.33. The number of hydrogen-bond donors (Lipinski definition) is 1. The molecule has 0 fully saturated rings. The van der Waals surface area contributed by atoms with Crippen molar-refractivity contribution in [3.8, 4) is 0 Å². The lowest BCUT2D eigenvalue weighted by atomic mass is 10.3. The van der Waals surface area contributed by atoms with Crippen molar-refractivity contribution in [2.45, 2.75) is 0 Å². The monoisotopic (exact) mass is 241 g/mol. The molecule has 0 radical (unpaired) electrons. The molecule has 2 rings (SSSR count). The number of halogens is 3. The van der Waals surface area contributed by atoms with Gasteiger partial charge in [-0.1, -0.05) is 11.6 Å². The number of nitrogens with zero attached hydrogens (tertiary/aromatic N) is 2. The van der Waals surface area contributed by atoms with Crippen LogP contribution in [0.2, 0.25) is 5.02 Å². The van der Waals surface area contributed by atoms with E-state index in [0.29, 0.717) is 5.69 Å². The van der Waals surface area contributed by atoms with Crippen LogP contribution in [0, 0.1) is 11.8 Å².